The molecule has 1 unspecified atom stereocenters. The largest absolute Gasteiger partial charge is 0.310 e. The van der Waals surface area contributed by atoms with Crippen LogP contribution >= 0.6 is 11.8 Å². The first-order chi connectivity index (χ1) is 9.27. The van der Waals surface area contributed by atoms with E-state index in [0.717, 1.165) is 13.0 Å². The monoisotopic (exact) mass is 283 g/mol. The summed E-state index contributed by atoms with van der Waals surface area (Å²) in [5.74, 6) is 1.08. The molecular weight excluding hydrogens is 257 g/mol. The summed E-state index contributed by atoms with van der Waals surface area (Å²) >= 11 is 1.90. The molecule has 0 fully saturated rings. The molecule has 0 spiro atoms. The zero-order valence-electron chi connectivity index (χ0n) is 12.1. The van der Waals surface area contributed by atoms with Crippen LogP contribution in [0.2, 0.25) is 0 Å². The van der Waals surface area contributed by atoms with Crippen molar-refractivity contribution in [2.24, 2.45) is 0 Å². The highest BCUT2D eigenvalue weighted by Gasteiger charge is 2.10. The van der Waals surface area contributed by atoms with Gasteiger partial charge in [0, 0.05) is 6.04 Å². The van der Waals surface area contributed by atoms with Crippen LogP contribution in [0.25, 0.3) is 0 Å². The van der Waals surface area contributed by atoms with E-state index >= 15 is 0 Å². The summed E-state index contributed by atoms with van der Waals surface area (Å²) in [7, 11) is 0. The Hall–Kier alpha value is -0.540. The van der Waals surface area contributed by atoms with Crippen LogP contribution in [0.15, 0.2) is 24.3 Å². The van der Waals surface area contributed by atoms with Gasteiger partial charge in [-0.15, -0.1) is 0 Å². The molecule has 0 saturated heterocycles. The number of benzene rings is 1. The van der Waals surface area contributed by atoms with Gasteiger partial charge < -0.3 is 5.32 Å². The predicted molar refractivity (Wildman–Crippen MR) is 84.3 cm³/mol. The van der Waals surface area contributed by atoms with E-state index in [1.54, 1.807) is 12.1 Å². The molecule has 0 aromatic heterocycles. The molecule has 1 N–H and O–H groups in total. The summed E-state index contributed by atoms with van der Waals surface area (Å²) < 4.78 is 13.0. The zero-order chi connectivity index (χ0) is 13.9. The Morgan fingerprint density at radius 1 is 1.16 bits per heavy atom. The van der Waals surface area contributed by atoms with E-state index in [1.165, 1.54) is 37.0 Å². The number of thioether (sulfide) groups is 1. The molecular formula is C16H26FNS. The Kier molecular flexibility index (Phi) is 8.93. The first-order valence-corrected chi connectivity index (χ1v) is 8.65. The van der Waals surface area contributed by atoms with E-state index in [1.807, 2.05) is 23.9 Å². The molecule has 1 nitrogen and oxygen atoms in total. The minimum atomic E-state index is -0.155. The fraction of sp³-hybridized carbons (Fsp3) is 0.625. The number of nitrogens with one attached hydrogen (secondary N) is 1. The maximum absolute atomic E-state index is 13.0. The minimum Gasteiger partial charge on any atom is -0.310 e. The average molecular weight is 283 g/mol. The molecule has 0 heterocycles. The number of hydrogen-bond acceptors (Lipinski definition) is 2. The lowest BCUT2D eigenvalue weighted by atomic mass is 10.0. The smallest absolute Gasteiger partial charge is 0.123 e. The Bertz CT molecular complexity index is 326. The van der Waals surface area contributed by atoms with Crippen molar-refractivity contribution in [3.8, 4) is 0 Å². The van der Waals surface area contributed by atoms with Crippen molar-refractivity contribution in [3.63, 3.8) is 0 Å². The summed E-state index contributed by atoms with van der Waals surface area (Å²) in [5.41, 5.74) is 1.21. The van der Waals surface area contributed by atoms with Crippen LogP contribution in [0.4, 0.5) is 4.39 Å². The van der Waals surface area contributed by atoms with Gasteiger partial charge in [-0.2, -0.15) is 11.8 Å². The molecule has 0 saturated carbocycles. The lowest BCUT2D eigenvalue weighted by Crippen LogP contribution is -2.22. The number of hydrogen-bond donors (Lipinski definition) is 1. The summed E-state index contributed by atoms with van der Waals surface area (Å²) in [6.07, 6.45) is 8.16. The van der Waals surface area contributed by atoms with E-state index in [4.69, 9.17) is 0 Å². The molecule has 0 aliphatic carbocycles. The van der Waals surface area contributed by atoms with Gasteiger partial charge in [-0.1, -0.05) is 31.9 Å². The summed E-state index contributed by atoms with van der Waals surface area (Å²) in [5, 5.41) is 3.62. The van der Waals surface area contributed by atoms with Gasteiger partial charge in [0.1, 0.15) is 5.82 Å². The number of rotatable bonds is 10. The van der Waals surface area contributed by atoms with Crippen molar-refractivity contribution >= 4 is 11.8 Å². The molecule has 0 aliphatic rings. The topological polar surface area (TPSA) is 12.0 Å². The molecule has 1 aromatic carbocycles. The normalized spacial score (nSPS) is 12.6. The molecule has 19 heavy (non-hydrogen) atoms. The Morgan fingerprint density at radius 2 is 1.89 bits per heavy atom. The van der Waals surface area contributed by atoms with E-state index in [-0.39, 0.29) is 5.82 Å². The molecule has 3 heteroatoms. The van der Waals surface area contributed by atoms with Crippen molar-refractivity contribution in [1.29, 1.82) is 0 Å². The number of halogens is 1. The molecule has 1 rings (SSSR count). The molecule has 0 bridgehead atoms. The van der Waals surface area contributed by atoms with Crippen LogP contribution < -0.4 is 5.32 Å². The zero-order valence-corrected chi connectivity index (χ0v) is 12.9. The van der Waals surface area contributed by atoms with Gasteiger partial charge in [0.2, 0.25) is 0 Å². The third-order valence-electron chi connectivity index (χ3n) is 3.28. The van der Waals surface area contributed by atoms with Crippen molar-refractivity contribution in [1.82, 2.24) is 5.32 Å². The van der Waals surface area contributed by atoms with Crippen LogP contribution in [0.1, 0.15) is 50.6 Å². The van der Waals surface area contributed by atoms with Gasteiger partial charge in [0.05, 0.1) is 0 Å². The highest BCUT2D eigenvalue weighted by atomic mass is 32.2. The van der Waals surface area contributed by atoms with Crippen LogP contribution in [0.3, 0.4) is 0 Å². The summed E-state index contributed by atoms with van der Waals surface area (Å²) in [6.45, 7) is 3.26. The third-order valence-corrected chi connectivity index (χ3v) is 3.98. The Morgan fingerprint density at radius 3 is 2.53 bits per heavy atom. The maximum Gasteiger partial charge on any atom is 0.123 e. The van der Waals surface area contributed by atoms with Crippen LogP contribution in [0, 0.1) is 5.82 Å². The minimum absolute atomic E-state index is 0.155. The molecule has 1 aromatic rings. The van der Waals surface area contributed by atoms with Crippen LogP contribution in [0.5, 0.6) is 0 Å². The van der Waals surface area contributed by atoms with Crippen molar-refractivity contribution in [2.75, 3.05) is 18.6 Å². The second-order valence-electron chi connectivity index (χ2n) is 4.90. The fourth-order valence-corrected chi connectivity index (χ4v) is 2.63. The predicted octanol–water partition coefficient (Wildman–Crippen LogP) is 4.79. The first kappa shape index (κ1) is 16.5. The standard InChI is InChI=1S/C16H26FNS/c1-3-4-7-16(18-12-5-6-13-19-2)14-8-10-15(17)11-9-14/h8-11,16,18H,3-7,12-13H2,1-2H3. The first-order valence-electron chi connectivity index (χ1n) is 7.25. The fourth-order valence-electron chi connectivity index (χ4n) is 2.14. The van der Waals surface area contributed by atoms with E-state index < -0.39 is 0 Å². The van der Waals surface area contributed by atoms with Gasteiger partial charge in [-0.3, -0.25) is 0 Å². The highest BCUT2D eigenvalue weighted by molar-refractivity contribution is 7.98. The number of unbranched alkanes of at least 4 members (excludes halogenated alkanes) is 2. The van der Waals surface area contributed by atoms with E-state index in [2.05, 4.69) is 18.5 Å². The van der Waals surface area contributed by atoms with Gasteiger partial charge in [0.15, 0.2) is 0 Å². The maximum atomic E-state index is 13.0. The molecule has 0 radical (unpaired) electrons. The third kappa shape index (κ3) is 6.98. The summed E-state index contributed by atoms with van der Waals surface area (Å²) in [4.78, 5) is 0. The molecule has 0 aliphatic heterocycles. The van der Waals surface area contributed by atoms with E-state index in [0.29, 0.717) is 6.04 Å². The lowest BCUT2D eigenvalue weighted by Gasteiger charge is -2.19. The Labute approximate surface area is 121 Å². The van der Waals surface area contributed by atoms with Crippen LogP contribution in [-0.4, -0.2) is 18.6 Å². The van der Waals surface area contributed by atoms with Crippen molar-refractivity contribution < 1.29 is 4.39 Å². The summed E-state index contributed by atoms with van der Waals surface area (Å²) in [6, 6.07) is 7.30. The van der Waals surface area contributed by atoms with Crippen LogP contribution in [-0.2, 0) is 0 Å². The second-order valence-corrected chi connectivity index (χ2v) is 5.89. The lowest BCUT2D eigenvalue weighted by molar-refractivity contribution is 0.474. The SMILES string of the molecule is CCCCC(NCCCCSC)c1ccc(F)cc1. The van der Waals surface area contributed by atoms with Gasteiger partial charge >= 0.3 is 0 Å². The van der Waals surface area contributed by atoms with Gasteiger partial charge in [0.25, 0.3) is 0 Å². The van der Waals surface area contributed by atoms with Crippen molar-refractivity contribution in [3.05, 3.63) is 35.6 Å². The second kappa shape index (κ2) is 10.3. The van der Waals surface area contributed by atoms with Gasteiger partial charge in [-0.25, -0.2) is 4.39 Å². The average Bonchev–Trinajstić information content (AvgIpc) is 2.43. The Balaban J connectivity index is 2.44. The highest BCUT2D eigenvalue weighted by Crippen LogP contribution is 2.20. The molecule has 1 atom stereocenters. The molecule has 0 amide bonds. The van der Waals surface area contributed by atoms with E-state index in [9.17, 15) is 4.39 Å². The quantitative estimate of drug-likeness (QED) is 0.620. The van der Waals surface area contributed by atoms with Crippen molar-refractivity contribution in [2.45, 2.75) is 45.1 Å². The molecule has 108 valence electrons. The van der Waals surface area contributed by atoms with Gasteiger partial charge in [-0.05, 0) is 55.5 Å².